The molecule has 6 nitrogen and oxygen atoms in total. The van der Waals surface area contributed by atoms with Crippen molar-refractivity contribution in [1.29, 1.82) is 0 Å². The molecule has 1 aromatic rings. The summed E-state index contributed by atoms with van der Waals surface area (Å²) in [5.74, 6) is -1.19. The minimum Gasteiger partial charge on any atom is -0.478 e. The van der Waals surface area contributed by atoms with E-state index in [9.17, 15) is 18.3 Å². The van der Waals surface area contributed by atoms with Gasteiger partial charge < -0.3 is 10.0 Å². The van der Waals surface area contributed by atoms with E-state index in [1.54, 1.807) is 0 Å². The molecule has 0 radical (unpaired) electrons. The maximum absolute atomic E-state index is 11.8. The van der Waals surface area contributed by atoms with Gasteiger partial charge in [-0.25, -0.2) is 18.4 Å². The summed E-state index contributed by atoms with van der Waals surface area (Å²) < 4.78 is 23.9. The van der Waals surface area contributed by atoms with Crippen LogP contribution in [0, 0.1) is 0 Å². The first-order valence-electron chi connectivity index (χ1n) is 7.56. The highest BCUT2D eigenvalue weighted by Gasteiger charge is 2.22. The average molecular weight is 407 g/mol. The van der Waals surface area contributed by atoms with E-state index < -0.39 is 16.0 Å². The summed E-state index contributed by atoms with van der Waals surface area (Å²) in [6.07, 6.45) is 3.83. The molecule has 0 aliphatic heterocycles. The molecule has 0 fully saturated rings. The van der Waals surface area contributed by atoms with E-state index in [2.05, 4.69) is 29.8 Å². The molecule has 0 heterocycles. The summed E-state index contributed by atoms with van der Waals surface area (Å²) in [5.41, 5.74) is 0.459. The molecule has 0 spiro atoms. The molecule has 8 heteroatoms. The lowest BCUT2D eigenvalue weighted by Gasteiger charge is -2.27. The van der Waals surface area contributed by atoms with Crippen LogP contribution in [0.25, 0.3) is 0 Å². The van der Waals surface area contributed by atoms with Crippen LogP contribution in [-0.2, 0) is 10.0 Å². The van der Waals surface area contributed by atoms with E-state index in [1.165, 1.54) is 6.07 Å². The van der Waals surface area contributed by atoms with E-state index in [0.29, 0.717) is 10.2 Å². The van der Waals surface area contributed by atoms with E-state index in [-0.39, 0.29) is 10.5 Å². The van der Waals surface area contributed by atoms with Crippen LogP contribution in [0.4, 0.5) is 5.69 Å². The fourth-order valence-corrected chi connectivity index (χ4v) is 4.00. The van der Waals surface area contributed by atoms with Gasteiger partial charge in [-0.2, -0.15) is 0 Å². The third-order valence-corrected chi connectivity index (χ3v) is 5.51. The van der Waals surface area contributed by atoms with Gasteiger partial charge >= 0.3 is 5.97 Å². The largest absolute Gasteiger partial charge is 0.478 e. The number of sulfonamides is 1. The van der Waals surface area contributed by atoms with Crippen LogP contribution in [0.3, 0.4) is 0 Å². The number of nitrogens with zero attached hydrogens (tertiary/aromatic N) is 1. The Labute approximate surface area is 145 Å². The van der Waals surface area contributed by atoms with E-state index in [1.807, 2.05) is 4.90 Å². The standard InChI is InChI=1S/C15H23BrN2O4S/c1-3-5-7-18(8-6-4-2)12-9-11(15(19)20)10-13(14(12)16)23(17,21)22/h9-10H,3-8H2,1-2H3,(H,19,20)(H2,17,21,22). The number of carbonyl (C=O) groups is 1. The molecule has 0 unspecified atom stereocenters. The normalized spacial score (nSPS) is 11.5. The molecule has 130 valence electrons. The zero-order valence-electron chi connectivity index (χ0n) is 13.4. The molecular weight excluding hydrogens is 384 g/mol. The number of nitrogens with two attached hydrogens (primary N) is 1. The molecule has 3 N–H and O–H groups in total. The second-order valence-corrected chi connectivity index (χ2v) is 7.67. The molecule has 0 aromatic heterocycles. The summed E-state index contributed by atoms with van der Waals surface area (Å²) in [6.45, 7) is 5.58. The van der Waals surface area contributed by atoms with Crippen LogP contribution in [0.1, 0.15) is 49.9 Å². The second-order valence-electron chi connectivity index (χ2n) is 5.35. The fourth-order valence-electron chi connectivity index (χ4n) is 2.19. The molecule has 0 amide bonds. The zero-order chi connectivity index (χ0) is 17.6. The van der Waals surface area contributed by atoms with Gasteiger partial charge in [-0.05, 0) is 40.9 Å². The lowest BCUT2D eigenvalue weighted by atomic mass is 10.1. The van der Waals surface area contributed by atoms with Gasteiger partial charge in [0.05, 0.1) is 20.6 Å². The number of aromatic carboxylic acids is 1. The van der Waals surface area contributed by atoms with Gasteiger partial charge in [0.1, 0.15) is 0 Å². The minimum atomic E-state index is -4.02. The van der Waals surface area contributed by atoms with Crippen molar-refractivity contribution < 1.29 is 18.3 Å². The molecule has 23 heavy (non-hydrogen) atoms. The van der Waals surface area contributed by atoms with Gasteiger partial charge in [0.15, 0.2) is 0 Å². The maximum atomic E-state index is 11.8. The van der Waals surface area contributed by atoms with Gasteiger partial charge in [0.25, 0.3) is 0 Å². The summed E-state index contributed by atoms with van der Waals surface area (Å²) in [6, 6.07) is 2.58. The smallest absolute Gasteiger partial charge is 0.335 e. The first kappa shape index (κ1) is 19.9. The van der Waals surface area contributed by atoms with Crippen LogP contribution in [-0.4, -0.2) is 32.6 Å². The number of benzene rings is 1. The molecule has 0 aliphatic carbocycles. The number of carboxylic acid groups (broad SMARTS) is 1. The molecule has 0 saturated heterocycles. The Bertz CT molecular complexity index is 654. The van der Waals surface area contributed by atoms with E-state index in [4.69, 9.17) is 5.14 Å². The number of unbranched alkanes of at least 4 members (excludes halogenated alkanes) is 2. The number of carboxylic acids is 1. The van der Waals surface area contributed by atoms with Gasteiger partial charge in [-0.3, -0.25) is 0 Å². The molecule has 0 atom stereocenters. The molecule has 0 aliphatic rings. The number of anilines is 1. The van der Waals surface area contributed by atoms with Crippen molar-refractivity contribution in [1.82, 2.24) is 0 Å². The maximum Gasteiger partial charge on any atom is 0.335 e. The van der Waals surface area contributed by atoms with Crippen LogP contribution in [0.5, 0.6) is 0 Å². The Morgan fingerprint density at radius 2 is 1.74 bits per heavy atom. The van der Waals surface area contributed by atoms with Gasteiger partial charge in [-0.1, -0.05) is 26.7 Å². The Balaban J connectivity index is 3.45. The number of hydrogen-bond donors (Lipinski definition) is 2. The topological polar surface area (TPSA) is 101 Å². The van der Waals surface area contributed by atoms with Crippen molar-refractivity contribution in [3.8, 4) is 0 Å². The molecular formula is C15H23BrN2O4S. The highest BCUT2D eigenvalue weighted by Crippen LogP contribution is 2.34. The third kappa shape index (κ3) is 5.47. The molecule has 0 bridgehead atoms. The predicted molar refractivity (Wildman–Crippen MR) is 94.5 cm³/mol. The molecule has 1 aromatic carbocycles. The molecule has 1 rings (SSSR count). The Morgan fingerprint density at radius 3 is 2.13 bits per heavy atom. The van der Waals surface area contributed by atoms with Gasteiger partial charge in [-0.15, -0.1) is 0 Å². The Hall–Kier alpha value is -1.12. The average Bonchev–Trinajstić information content (AvgIpc) is 2.46. The van der Waals surface area contributed by atoms with Crippen LogP contribution < -0.4 is 10.0 Å². The highest BCUT2D eigenvalue weighted by molar-refractivity contribution is 9.10. The SMILES string of the molecule is CCCCN(CCCC)c1cc(C(=O)O)cc(S(N)(=O)=O)c1Br. The number of halogens is 1. The number of rotatable bonds is 9. The van der Waals surface area contributed by atoms with E-state index >= 15 is 0 Å². The predicted octanol–water partition coefficient (Wildman–Crippen LogP) is 3.20. The quantitative estimate of drug-likeness (QED) is 0.655. The van der Waals surface area contributed by atoms with Crippen LogP contribution in [0.2, 0.25) is 0 Å². The van der Waals surface area contributed by atoms with Crippen molar-refractivity contribution in [3.05, 3.63) is 22.2 Å². The van der Waals surface area contributed by atoms with Crippen molar-refractivity contribution in [2.24, 2.45) is 5.14 Å². The lowest BCUT2D eigenvalue weighted by Crippen LogP contribution is -2.27. The summed E-state index contributed by atoms with van der Waals surface area (Å²) in [4.78, 5) is 13.1. The number of hydrogen-bond acceptors (Lipinski definition) is 4. The Kier molecular flexibility index (Phi) is 7.50. The first-order chi connectivity index (χ1) is 10.7. The van der Waals surface area contributed by atoms with Crippen molar-refractivity contribution in [3.63, 3.8) is 0 Å². The van der Waals surface area contributed by atoms with Crippen LogP contribution in [0.15, 0.2) is 21.5 Å². The summed E-state index contributed by atoms with van der Waals surface area (Å²) in [5, 5.41) is 14.5. The zero-order valence-corrected chi connectivity index (χ0v) is 15.8. The summed E-state index contributed by atoms with van der Waals surface area (Å²) >= 11 is 3.29. The monoisotopic (exact) mass is 406 g/mol. The Morgan fingerprint density at radius 1 is 1.22 bits per heavy atom. The second kappa shape index (κ2) is 8.65. The third-order valence-electron chi connectivity index (χ3n) is 3.48. The van der Waals surface area contributed by atoms with Crippen molar-refractivity contribution >= 4 is 37.6 Å². The van der Waals surface area contributed by atoms with Crippen LogP contribution >= 0.6 is 15.9 Å². The lowest BCUT2D eigenvalue weighted by molar-refractivity contribution is 0.0696. The first-order valence-corrected chi connectivity index (χ1v) is 9.90. The summed E-state index contributed by atoms with van der Waals surface area (Å²) in [7, 11) is -4.02. The van der Waals surface area contributed by atoms with Crippen molar-refractivity contribution in [2.75, 3.05) is 18.0 Å². The molecule has 0 saturated carbocycles. The highest BCUT2D eigenvalue weighted by atomic mass is 79.9. The van der Waals surface area contributed by atoms with E-state index in [0.717, 1.165) is 44.8 Å². The van der Waals surface area contributed by atoms with Gasteiger partial charge in [0.2, 0.25) is 10.0 Å². The fraction of sp³-hybridized carbons (Fsp3) is 0.533. The number of primary sulfonamides is 1. The van der Waals surface area contributed by atoms with Gasteiger partial charge in [0, 0.05) is 13.1 Å². The van der Waals surface area contributed by atoms with Crippen molar-refractivity contribution in [2.45, 2.75) is 44.4 Å². The minimum absolute atomic E-state index is 0.0924.